The summed E-state index contributed by atoms with van der Waals surface area (Å²) in [6.45, 7) is 7.40. The Hall–Kier alpha value is -1.84. The summed E-state index contributed by atoms with van der Waals surface area (Å²) >= 11 is 0. The second kappa shape index (κ2) is 20.5. The van der Waals surface area contributed by atoms with Gasteiger partial charge in [-0.05, 0) is 37.3 Å². The quantitative estimate of drug-likeness (QED) is 0.132. The van der Waals surface area contributed by atoms with Crippen LogP contribution in [0, 0.1) is 0 Å². The summed E-state index contributed by atoms with van der Waals surface area (Å²) in [6, 6.07) is 5.53. The number of unbranched alkanes of at least 4 members (excludes halogenated alkanes) is 13. The number of ether oxygens (including phenoxy) is 2. The maximum absolute atomic E-state index is 13.1. The molecule has 0 unspecified atom stereocenters. The minimum atomic E-state index is -0.407. The number of hydrogen-bond acceptors (Lipinski definition) is 4. The molecule has 0 amide bonds. The Labute approximate surface area is 209 Å². The molecule has 4 nitrogen and oxygen atoms in total. The molecule has 1 rings (SSSR count). The van der Waals surface area contributed by atoms with Gasteiger partial charge in [0.1, 0.15) is 0 Å². The summed E-state index contributed by atoms with van der Waals surface area (Å²) in [5.74, 6) is -0.790. The molecule has 1 aromatic rings. The van der Waals surface area contributed by atoms with E-state index in [1.54, 1.807) is 6.07 Å². The second-order valence-corrected chi connectivity index (χ2v) is 9.46. The van der Waals surface area contributed by atoms with Gasteiger partial charge in [0, 0.05) is 0 Å². The van der Waals surface area contributed by atoms with Crippen LogP contribution in [0.25, 0.3) is 0 Å². The van der Waals surface area contributed by atoms with Gasteiger partial charge in [-0.25, -0.2) is 9.59 Å². The van der Waals surface area contributed by atoms with E-state index < -0.39 is 5.97 Å². The third kappa shape index (κ3) is 13.2. The van der Waals surface area contributed by atoms with E-state index in [0.29, 0.717) is 24.3 Å². The molecule has 0 saturated heterocycles. The minimum absolute atomic E-state index is 0.354. The third-order valence-electron chi connectivity index (χ3n) is 6.34. The molecule has 0 spiro atoms. The summed E-state index contributed by atoms with van der Waals surface area (Å²) < 4.78 is 11.2. The standard InChI is InChI=1S/C30H50O4/c1-4-7-10-13-15-18-24-33-29(31)27-23-20-22-26(21-17-12-9-6-3)28(27)30(32)34-25-19-16-14-11-8-5-2/h20,22-23H,4-19,21,24-25H2,1-3H3. The van der Waals surface area contributed by atoms with Crippen molar-refractivity contribution >= 4 is 11.9 Å². The van der Waals surface area contributed by atoms with Crippen molar-refractivity contribution in [2.45, 2.75) is 130 Å². The van der Waals surface area contributed by atoms with Crippen molar-refractivity contribution in [1.29, 1.82) is 0 Å². The van der Waals surface area contributed by atoms with Gasteiger partial charge in [-0.1, -0.05) is 116 Å². The fraction of sp³-hybridized carbons (Fsp3) is 0.733. The van der Waals surface area contributed by atoms with Gasteiger partial charge in [0.2, 0.25) is 0 Å². The van der Waals surface area contributed by atoms with Crippen molar-refractivity contribution in [2.75, 3.05) is 13.2 Å². The van der Waals surface area contributed by atoms with E-state index in [9.17, 15) is 9.59 Å². The van der Waals surface area contributed by atoms with Gasteiger partial charge in [0.15, 0.2) is 0 Å². The number of rotatable bonds is 21. The van der Waals surface area contributed by atoms with E-state index in [2.05, 4.69) is 20.8 Å². The highest BCUT2D eigenvalue weighted by molar-refractivity contribution is 6.04. The van der Waals surface area contributed by atoms with Gasteiger partial charge < -0.3 is 9.47 Å². The molecule has 1 aromatic carbocycles. The van der Waals surface area contributed by atoms with Crippen molar-refractivity contribution in [3.05, 3.63) is 34.9 Å². The predicted octanol–water partition coefficient (Wildman–Crippen LogP) is 8.84. The lowest BCUT2D eigenvalue weighted by atomic mass is 9.96. The van der Waals surface area contributed by atoms with Crippen molar-refractivity contribution in [1.82, 2.24) is 0 Å². The topological polar surface area (TPSA) is 52.6 Å². The Morgan fingerprint density at radius 3 is 1.62 bits per heavy atom. The summed E-state index contributed by atoms with van der Waals surface area (Å²) in [5, 5.41) is 0. The Morgan fingerprint density at radius 2 is 1.06 bits per heavy atom. The lowest BCUT2D eigenvalue weighted by Crippen LogP contribution is -2.17. The Morgan fingerprint density at radius 1 is 0.588 bits per heavy atom. The molecule has 0 aliphatic heterocycles. The largest absolute Gasteiger partial charge is 0.462 e. The van der Waals surface area contributed by atoms with E-state index in [4.69, 9.17) is 9.47 Å². The normalized spacial score (nSPS) is 10.9. The number of esters is 2. The fourth-order valence-corrected chi connectivity index (χ4v) is 4.21. The Bertz CT molecular complexity index is 668. The molecule has 0 radical (unpaired) electrons. The van der Waals surface area contributed by atoms with Crippen LogP contribution in [-0.2, 0) is 15.9 Å². The molecule has 194 valence electrons. The molecule has 0 heterocycles. The van der Waals surface area contributed by atoms with Crippen LogP contribution in [0.4, 0.5) is 0 Å². The molecule has 34 heavy (non-hydrogen) atoms. The summed E-state index contributed by atoms with van der Waals surface area (Å²) in [5.41, 5.74) is 1.67. The Balaban J connectivity index is 2.72. The highest BCUT2D eigenvalue weighted by Crippen LogP contribution is 2.21. The van der Waals surface area contributed by atoms with Crippen molar-refractivity contribution in [2.24, 2.45) is 0 Å². The van der Waals surface area contributed by atoms with E-state index in [-0.39, 0.29) is 5.97 Å². The Kier molecular flexibility index (Phi) is 18.2. The zero-order valence-electron chi connectivity index (χ0n) is 22.3. The molecule has 0 bridgehead atoms. The SMILES string of the molecule is CCCCCCCCOC(=O)c1cccc(CCCCCC)c1C(=O)OCCCCCCCC. The first-order chi connectivity index (χ1) is 16.7. The molecular weight excluding hydrogens is 424 g/mol. The molecule has 0 N–H and O–H groups in total. The van der Waals surface area contributed by atoms with Crippen LogP contribution in [0.1, 0.15) is 150 Å². The van der Waals surface area contributed by atoms with Gasteiger partial charge >= 0.3 is 11.9 Å². The second-order valence-electron chi connectivity index (χ2n) is 9.46. The molecule has 0 saturated carbocycles. The van der Waals surface area contributed by atoms with E-state index >= 15 is 0 Å². The molecule has 0 fully saturated rings. The van der Waals surface area contributed by atoms with Crippen molar-refractivity contribution in [3.8, 4) is 0 Å². The van der Waals surface area contributed by atoms with Gasteiger partial charge in [-0.2, -0.15) is 0 Å². The first-order valence-corrected chi connectivity index (χ1v) is 14.1. The van der Waals surface area contributed by atoms with Gasteiger partial charge in [0.05, 0.1) is 24.3 Å². The van der Waals surface area contributed by atoms with Crippen LogP contribution >= 0.6 is 0 Å². The number of hydrogen-bond donors (Lipinski definition) is 0. The average Bonchev–Trinajstić information content (AvgIpc) is 2.85. The van der Waals surface area contributed by atoms with E-state index in [0.717, 1.165) is 56.9 Å². The molecular formula is C30H50O4. The predicted molar refractivity (Wildman–Crippen MR) is 142 cm³/mol. The van der Waals surface area contributed by atoms with E-state index in [1.165, 1.54) is 57.8 Å². The highest BCUT2D eigenvalue weighted by Gasteiger charge is 2.23. The first-order valence-electron chi connectivity index (χ1n) is 14.1. The number of aryl methyl sites for hydroxylation is 1. The zero-order chi connectivity index (χ0) is 24.9. The van der Waals surface area contributed by atoms with Crippen LogP contribution in [0.2, 0.25) is 0 Å². The van der Waals surface area contributed by atoms with Gasteiger partial charge in [0.25, 0.3) is 0 Å². The molecule has 0 aliphatic carbocycles. The number of carbonyl (C=O) groups is 2. The lowest BCUT2D eigenvalue weighted by molar-refractivity contribution is 0.0449. The molecule has 0 aliphatic rings. The monoisotopic (exact) mass is 474 g/mol. The van der Waals surface area contributed by atoms with Crippen LogP contribution in [0.15, 0.2) is 18.2 Å². The molecule has 0 aromatic heterocycles. The number of carbonyl (C=O) groups excluding carboxylic acids is 2. The van der Waals surface area contributed by atoms with Gasteiger partial charge in [-0.3, -0.25) is 0 Å². The molecule has 4 heteroatoms. The minimum Gasteiger partial charge on any atom is -0.462 e. The van der Waals surface area contributed by atoms with Crippen LogP contribution in [-0.4, -0.2) is 25.2 Å². The van der Waals surface area contributed by atoms with Crippen molar-refractivity contribution in [3.63, 3.8) is 0 Å². The van der Waals surface area contributed by atoms with Crippen LogP contribution in [0.5, 0.6) is 0 Å². The lowest BCUT2D eigenvalue weighted by Gasteiger charge is -2.14. The molecule has 0 atom stereocenters. The fourth-order valence-electron chi connectivity index (χ4n) is 4.21. The maximum atomic E-state index is 13.1. The third-order valence-corrected chi connectivity index (χ3v) is 6.34. The smallest absolute Gasteiger partial charge is 0.339 e. The summed E-state index contributed by atoms with van der Waals surface area (Å²) in [7, 11) is 0. The number of benzene rings is 1. The summed E-state index contributed by atoms with van der Waals surface area (Å²) in [4.78, 5) is 25.9. The zero-order valence-corrected chi connectivity index (χ0v) is 22.3. The maximum Gasteiger partial charge on any atom is 0.339 e. The highest BCUT2D eigenvalue weighted by atomic mass is 16.5. The van der Waals surface area contributed by atoms with Crippen LogP contribution in [0.3, 0.4) is 0 Å². The average molecular weight is 475 g/mol. The van der Waals surface area contributed by atoms with E-state index in [1.807, 2.05) is 12.1 Å². The van der Waals surface area contributed by atoms with Crippen LogP contribution < -0.4 is 0 Å². The summed E-state index contributed by atoms with van der Waals surface area (Å²) in [6.07, 6.45) is 18.9. The van der Waals surface area contributed by atoms with Gasteiger partial charge in [-0.15, -0.1) is 0 Å². The first kappa shape index (κ1) is 30.2. The van der Waals surface area contributed by atoms with Crippen molar-refractivity contribution < 1.29 is 19.1 Å².